The Morgan fingerprint density at radius 1 is 0.367 bits per heavy atom. The second-order valence-electron chi connectivity index (χ2n) is 12.2. The first-order valence-electron chi connectivity index (χ1n) is 14.7. The topological polar surface area (TPSA) is 0 Å². The van der Waals surface area contributed by atoms with Crippen LogP contribution < -0.4 is 0 Å². The summed E-state index contributed by atoms with van der Waals surface area (Å²) >= 11 is 0. The fraction of sp³-hybridized carbons (Fsp3) is 1.00. The summed E-state index contributed by atoms with van der Waals surface area (Å²) in [5.41, 5.74) is 0. The molecule has 0 amide bonds. The number of rotatable bonds is 2. The van der Waals surface area contributed by atoms with E-state index >= 15 is 0 Å². The molecule has 3 atom stereocenters. The van der Waals surface area contributed by atoms with Crippen molar-refractivity contribution in [2.45, 2.75) is 155 Å². The fourth-order valence-electron chi connectivity index (χ4n) is 7.73. The molecule has 176 valence electrons. The molecule has 0 aromatic carbocycles. The second kappa shape index (κ2) is 14.2. The summed E-state index contributed by atoms with van der Waals surface area (Å²) in [7, 11) is 0. The highest BCUT2D eigenvalue weighted by Crippen LogP contribution is 2.49. The van der Waals surface area contributed by atoms with E-state index in [1.807, 2.05) is 0 Å². The summed E-state index contributed by atoms with van der Waals surface area (Å²) in [5.74, 6) is 6.46. The predicted octanol–water partition coefficient (Wildman–Crippen LogP) is 10.3. The van der Waals surface area contributed by atoms with Gasteiger partial charge in [0.25, 0.3) is 0 Å². The molecule has 4 aliphatic carbocycles. The van der Waals surface area contributed by atoms with Crippen molar-refractivity contribution in [3.63, 3.8) is 0 Å². The van der Waals surface area contributed by atoms with Crippen molar-refractivity contribution in [3.05, 3.63) is 0 Å². The molecule has 4 fully saturated rings. The van der Waals surface area contributed by atoms with E-state index in [2.05, 4.69) is 13.8 Å². The Labute approximate surface area is 190 Å². The van der Waals surface area contributed by atoms with E-state index in [4.69, 9.17) is 0 Å². The molecule has 0 heteroatoms. The highest BCUT2D eigenvalue weighted by molar-refractivity contribution is 4.89. The van der Waals surface area contributed by atoms with Crippen molar-refractivity contribution in [2.24, 2.45) is 35.5 Å². The van der Waals surface area contributed by atoms with Crippen molar-refractivity contribution in [2.75, 3.05) is 0 Å². The van der Waals surface area contributed by atoms with E-state index < -0.39 is 0 Å². The van der Waals surface area contributed by atoms with Crippen LogP contribution in [0.25, 0.3) is 0 Å². The monoisotopic (exact) mass is 416 g/mol. The second-order valence-corrected chi connectivity index (χ2v) is 12.2. The first-order chi connectivity index (χ1) is 14.7. The maximum absolute atomic E-state index is 2.59. The molecule has 0 radical (unpaired) electrons. The van der Waals surface area contributed by atoms with Crippen LogP contribution in [0.2, 0.25) is 0 Å². The van der Waals surface area contributed by atoms with Crippen molar-refractivity contribution in [3.8, 4) is 0 Å². The zero-order chi connectivity index (χ0) is 21.0. The third kappa shape index (κ3) is 8.50. The Hall–Kier alpha value is 0. The van der Waals surface area contributed by atoms with Gasteiger partial charge in [-0.1, -0.05) is 142 Å². The van der Waals surface area contributed by atoms with Gasteiger partial charge in [-0.3, -0.25) is 0 Å². The molecule has 0 heterocycles. The summed E-state index contributed by atoms with van der Waals surface area (Å²) in [5, 5.41) is 0. The maximum atomic E-state index is 2.59. The maximum Gasteiger partial charge on any atom is -0.0357 e. The molecule has 4 aliphatic rings. The molecular weight excluding hydrogens is 360 g/mol. The zero-order valence-electron chi connectivity index (χ0n) is 21.0. The third-order valence-corrected chi connectivity index (χ3v) is 9.70. The van der Waals surface area contributed by atoms with Crippen LogP contribution in [0.5, 0.6) is 0 Å². The summed E-state index contributed by atoms with van der Waals surface area (Å²) in [6.07, 6.45) is 33.6. The fourth-order valence-corrected chi connectivity index (χ4v) is 7.73. The summed E-state index contributed by atoms with van der Waals surface area (Å²) in [6.45, 7) is 4.99. The summed E-state index contributed by atoms with van der Waals surface area (Å²) < 4.78 is 0. The van der Waals surface area contributed by atoms with Gasteiger partial charge in [-0.15, -0.1) is 0 Å². The Morgan fingerprint density at radius 2 is 0.767 bits per heavy atom. The molecule has 0 nitrogen and oxygen atoms in total. The van der Waals surface area contributed by atoms with Crippen molar-refractivity contribution in [1.29, 1.82) is 0 Å². The predicted molar refractivity (Wildman–Crippen MR) is 134 cm³/mol. The van der Waals surface area contributed by atoms with E-state index in [0.29, 0.717) is 0 Å². The Bertz CT molecular complexity index is 402. The van der Waals surface area contributed by atoms with Crippen LogP contribution in [0.4, 0.5) is 0 Å². The molecule has 0 aromatic heterocycles. The molecule has 4 saturated carbocycles. The minimum atomic E-state index is 1.02. The zero-order valence-corrected chi connectivity index (χ0v) is 21.0. The summed E-state index contributed by atoms with van der Waals surface area (Å²) in [4.78, 5) is 0. The molecule has 0 saturated heterocycles. The molecule has 0 N–H and O–H groups in total. The largest absolute Gasteiger partial charge is 0.0625 e. The Balaban J connectivity index is 0.000000239. The number of hydrogen-bond donors (Lipinski definition) is 0. The average Bonchev–Trinajstić information content (AvgIpc) is 3.19. The molecule has 30 heavy (non-hydrogen) atoms. The molecule has 4 rings (SSSR count). The van der Waals surface area contributed by atoms with Crippen LogP contribution >= 0.6 is 0 Å². The smallest absolute Gasteiger partial charge is 0.0357 e. The lowest BCUT2D eigenvalue weighted by atomic mass is 9.75. The summed E-state index contributed by atoms with van der Waals surface area (Å²) in [6, 6.07) is 0. The van der Waals surface area contributed by atoms with Crippen LogP contribution in [-0.2, 0) is 0 Å². The highest BCUT2D eigenvalue weighted by atomic mass is 14.4. The van der Waals surface area contributed by atoms with E-state index in [0.717, 1.165) is 35.5 Å². The van der Waals surface area contributed by atoms with Gasteiger partial charge in [0.05, 0.1) is 0 Å². The lowest BCUT2D eigenvalue weighted by molar-refractivity contribution is 0.203. The van der Waals surface area contributed by atoms with Gasteiger partial charge in [-0.05, 0) is 48.3 Å². The van der Waals surface area contributed by atoms with Crippen molar-refractivity contribution < 1.29 is 0 Å². The third-order valence-electron chi connectivity index (χ3n) is 9.70. The highest BCUT2D eigenvalue weighted by Gasteiger charge is 2.39. The van der Waals surface area contributed by atoms with Gasteiger partial charge >= 0.3 is 0 Å². The molecule has 0 bridgehead atoms. The first kappa shape index (κ1) is 24.6. The van der Waals surface area contributed by atoms with Crippen molar-refractivity contribution in [1.82, 2.24) is 0 Å². The van der Waals surface area contributed by atoms with Gasteiger partial charge < -0.3 is 0 Å². The quantitative estimate of drug-likeness (QED) is 0.420. The van der Waals surface area contributed by atoms with E-state index in [-0.39, 0.29) is 0 Å². The van der Waals surface area contributed by atoms with Gasteiger partial charge in [0.2, 0.25) is 0 Å². The minimum absolute atomic E-state index is 1.02. The Kier molecular flexibility index (Phi) is 11.7. The number of hydrogen-bond acceptors (Lipinski definition) is 0. The SMILES string of the molecule is CC1CC(C2CCCCCCCC2)CC1C1CCCCC1.CC1CCCCCCC1. The molecule has 0 aliphatic heterocycles. The Morgan fingerprint density at radius 3 is 1.30 bits per heavy atom. The van der Waals surface area contributed by atoms with Crippen LogP contribution in [0.3, 0.4) is 0 Å². The standard InChI is InChI=1S/C21H38.C9H18/c1-17-15-20(16-21(17)19-13-9-6-10-14-19)18-11-7-4-2-3-5-8-12-18;1-9-7-5-3-2-4-6-8-9/h17-21H,2-16H2,1H3;9H,2-8H2,1H3. The van der Waals surface area contributed by atoms with Crippen LogP contribution in [-0.4, -0.2) is 0 Å². The normalized spacial score (nSPS) is 34.0. The van der Waals surface area contributed by atoms with E-state index in [1.165, 1.54) is 103 Å². The lowest BCUT2D eigenvalue weighted by Gasteiger charge is -2.30. The molecule has 3 unspecified atom stereocenters. The van der Waals surface area contributed by atoms with Gasteiger partial charge in [0, 0.05) is 0 Å². The van der Waals surface area contributed by atoms with Crippen LogP contribution in [0.1, 0.15) is 155 Å². The molecule has 0 spiro atoms. The van der Waals surface area contributed by atoms with E-state index in [9.17, 15) is 0 Å². The van der Waals surface area contributed by atoms with Gasteiger partial charge in [0.1, 0.15) is 0 Å². The van der Waals surface area contributed by atoms with Gasteiger partial charge in [0.15, 0.2) is 0 Å². The van der Waals surface area contributed by atoms with E-state index in [1.54, 1.807) is 38.5 Å². The molecule has 0 aromatic rings. The first-order valence-corrected chi connectivity index (χ1v) is 14.7. The minimum Gasteiger partial charge on any atom is -0.0625 e. The molecular formula is C30H56. The van der Waals surface area contributed by atoms with Crippen LogP contribution in [0.15, 0.2) is 0 Å². The van der Waals surface area contributed by atoms with Crippen LogP contribution in [0, 0.1) is 35.5 Å². The lowest BCUT2D eigenvalue weighted by Crippen LogP contribution is -2.20. The van der Waals surface area contributed by atoms with Crippen molar-refractivity contribution >= 4 is 0 Å². The van der Waals surface area contributed by atoms with Gasteiger partial charge in [-0.2, -0.15) is 0 Å². The van der Waals surface area contributed by atoms with Gasteiger partial charge in [-0.25, -0.2) is 0 Å². The average molecular weight is 417 g/mol.